The van der Waals surface area contributed by atoms with Crippen molar-refractivity contribution in [2.24, 2.45) is 0 Å². The van der Waals surface area contributed by atoms with Crippen molar-refractivity contribution in [2.75, 3.05) is 7.11 Å². The van der Waals surface area contributed by atoms with Crippen molar-refractivity contribution in [3.63, 3.8) is 0 Å². The van der Waals surface area contributed by atoms with E-state index in [0.717, 1.165) is 18.9 Å². The number of nitro groups is 1. The molecule has 134 valence electrons. The second-order valence-electron chi connectivity index (χ2n) is 5.19. The summed E-state index contributed by atoms with van der Waals surface area (Å²) in [4.78, 5) is 10.6. The number of rotatable bonds is 8. The average Bonchev–Trinajstić information content (AvgIpc) is 3.30. The lowest BCUT2D eigenvalue weighted by molar-refractivity contribution is -0.385. The first-order valence-electron chi connectivity index (χ1n) is 7.20. The molecule has 3 rings (SSSR count). The maximum Gasteiger partial charge on any atom is 0.387 e. The minimum absolute atomic E-state index is 0.0108. The van der Waals surface area contributed by atoms with Gasteiger partial charge in [0.25, 0.3) is 5.69 Å². The van der Waals surface area contributed by atoms with Gasteiger partial charge < -0.3 is 9.47 Å². The van der Waals surface area contributed by atoms with Gasteiger partial charge in [0.05, 0.1) is 24.1 Å². The van der Waals surface area contributed by atoms with Gasteiger partial charge in [-0.15, -0.1) is 5.10 Å². The minimum atomic E-state index is -3.11. The van der Waals surface area contributed by atoms with E-state index in [9.17, 15) is 18.9 Å². The number of nitrogens with zero attached hydrogens (tertiary/aromatic N) is 5. The number of tetrazole rings is 1. The van der Waals surface area contributed by atoms with Gasteiger partial charge in [0.15, 0.2) is 11.5 Å². The van der Waals surface area contributed by atoms with Gasteiger partial charge in [-0.1, -0.05) is 11.8 Å². The van der Waals surface area contributed by atoms with E-state index < -0.39 is 11.5 Å². The summed E-state index contributed by atoms with van der Waals surface area (Å²) in [5.74, 6) is -0.224. The van der Waals surface area contributed by atoms with Crippen molar-refractivity contribution in [1.82, 2.24) is 20.2 Å². The maximum absolute atomic E-state index is 12.5. The summed E-state index contributed by atoms with van der Waals surface area (Å²) in [6, 6.07) is 2.52. The van der Waals surface area contributed by atoms with E-state index in [1.54, 1.807) is 4.68 Å². The number of alkyl halides is 2. The predicted octanol–water partition coefficient (Wildman–Crippen LogP) is 2.82. The Morgan fingerprint density at radius 2 is 2.20 bits per heavy atom. The zero-order valence-corrected chi connectivity index (χ0v) is 13.8. The van der Waals surface area contributed by atoms with Crippen molar-refractivity contribution in [3.05, 3.63) is 27.8 Å². The number of halogens is 2. The van der Waals surface area contributed by atoms with Crippen LogP contribution < -0.4 is 9.47 Å². The molecule has 0 spiro atoms. The Kier molecular flexibility index (Phi) is 4.97. The number of benzene rings is 1. The molecule has 0 atom stereocenters. The molecule has 1 aromatic heterocycles. The van der Waals surface area contributed by atoms with E-state index in [2.05, 4.69) is 20.3 Å². The van der Waals surface area contributed by atoms with Gasteiger partial charge in [-0.2, -0.15) is 8.78 Å². The smallest absolute Gasteiger partial charge is 0.387 e. The number of nitro benzene ring substituents is 1. The quantitative estimate of drug-likeness (QED) is 0.395. The van der Waals surface area contributed by atoms with Crippen LogP contribution in [0, 0.1) is 10.1 Å². The van der Waals surface area contributed by atoms with Crippen LogP contribution in [0.3, 0.4) is 0 Å². The van der Waals surface area contributed by atoms with Gasteiger partial charge in [-0.05, 0) is 29.3 Å². The maximum atomic E-state index is 12.5. The number of aromatic nitrogens is 4. The van der Waals surface area contributed by atoms with Gasteiger partial charge >= 0.3 is 6.61 Å². The number of hydrogen-bond acceptors (Lipinski definition) is 8. The molecule has 0 unspecified atom stereocenters. The molecule has 0 N–H and O–H groups in total. The van der Waals surface area contributed by atoms with E-state index in [1.165, 1.54) is 24.9 Å². The third kappa shape index (κ3) is 3.95. The summed E-state index contributed by atoms with van der Waals surface area (Å²) >= 11 is 1.22. The lowest BCUT2D eigenvalue weighted by Gasteiger charge is -2.12. The summed E-state index contributed by atoms with van der Waals surface area (Å²) in [5.41, 5.74) is -0.0480. The van der Waals surface area contributed by atoms with Crippen LogP contribution in [0.5, 0.6) is 11.5 Å². The molecule has 0 bridgehead atoms. The van der Waals surface area contributed by atoms with Gasteiger partial charge in [0, 0.05) is 11.3 Å². The Hall–Kier alpha value is -2.50. The summed E-state index contributed by atoms with van der Waals surface area (Å²) in [6.45, 7) is -3.11. The average molecular weight is 373 g/mol. The van der Waals surface area contributed by atoms with E-state index >= 15 is 0 Å². The molecular weight excluding hydrogens is 360 g/mol. The van der Waals surface area contributed by atoms with Gasteiger partial charge in [0.2, 0.25) is 5.16 Å². The van der Waals surface area contributed by atoms with Gasteiger partial charge in [-0.3, -0.25) is 10.1 Å². The largest absolute Gasteiger partial charge is 0.493 e. The molecule has 0 radical (unpaired) electrons. The number of methoxy groups -OCH3 is 1. The molecule has 1 aromatic carbocycles. The van der Waals surface area contributed by atoms with Crippen LogP contribution in [0.2, 0.25) is 0 Å². The third-order valence-corrected chi connectivity index (χ3v) is 4.47. The molecule has 12 heteroatoms. The molecule has 1 fully saturated rings. The molecule has 2 aromatic rings. The van der Waals surface area contributed by atoms with Crippen LogP contribution in [0.25, 0.3) is 0 Å². The molecule has 0 aliphatic heterocycles. The predicted molar refractivity (Wildman–Crippen MR) is 81.9 cm³/mol. The number of thioether (sulfide) groups is 1. The Balaban J connectivity index is 1.86. The van der Waals surface area contributed by atoms with Crippen molar-refractivity contribution in [1.29, 1.82) is 0 Å². The summed E-state index contributed by atoms with van der Waals surface area (Å²) < 4.78 is 35.9. The van der Waals surface area contributed by atoms with Crippen LogP contribution in [0.1, 0.15) is 24.4 Å². The molecule has 0 saturated heterocycles. The SMILES string of the molecule is COc1cc(CSc2nnnn2C2CC2)c([N+](=O)[O-])cc1OC(F)F. The monoisotopic (exact) mass is 373 g/mol. The fourth-order valence-corrected chi connectivity index (χ4v) is 3.12. The molecule has 1 saturated carbocycles. The fraction of sp³-hybridized carbons (Fsp3) is 0.462. The Morgan fingerprint density at radius 1 is 1.44 bits per heavy atom. The highest BCUT2D eigenvalue weighted by atomic mass is 32.2. The minimum Gasteiger partial charge on any atom is -0.493 e. The van der Waals surface area contributed by atoms with E-state index in [1.807, 2.05) is 0 Å². The number of ether oxygens (including phenoxy) is 2. The van der Waals surface area contributed by atoms with Crippen LogP contribution in [0.15, 0.2) is 17.3 Å². The van der Waals surface area contributed by atoms with Crippen molar-refractivity contribution in [3.8, 4) is 11.5 Å². The Morgan fingerprint density at radius 3 is 2.80 bits per heavy atom. The third-order valence-electron chi connectivity index (χ3n) is 3.49. The second-order valence-corrected chi connectivity index (χ2v) is 6.14. The van der Waals surface area contributed by atoms with E-state index in [0.29, 0.717) is 10.7 Å². The van der Waals surface area contributed by atoms with Crippen molar-refractivity contribution in [2.45, 2.75) is 36.4 Å². The lowest BCUT2D eigenvalue weighted by atomic mass is 10.2. The zero-order valence-electron chi connectivity index (χ0n) is 13.0. The molecule has 9 nitrogen and oxygen atoms in total. The fourth-order valence-electron chi connectivity index (χ4n) is 2.20. The first-order chi connectivity index (χ1) is 12.0. The highest BCUT2D eigenvalue weighted by molar-refractivity contribution is 7.98. The Labute approximate surface area is 144 Å². The highest BCUT2D eigenvalue weighted by Gasteiger charge is 2.28. The van der Waals surface area contributed by atoms with E-state index in [4.69, 9.17) is 4.74 Å². The molecule has 1 heterocycles. The number of hydrogen-bond donors (Lipinski definition) is 0. The zero-order chi connectivity index (χ0) is 18.0. The van der Waals surface area contributed by atoms with Crippen LogP contribution >= 0.6 is 11.8 Å². The first kappa shape index (κ1) is 17.3. The van der Waals surface area contributed by atoms with Gasteiger partial charge in [-0.25, -0.2) is 4.68 Å². The normalized spacial score (nSPS) is 13.9. The van der Waals surface area contributed by atoms with Crippen LogP contribution in [0.4, 0.5) is 14.5 Å². The van der Waals surface area contributed by atoms with Gasteiger partial charge in [0.1, 0.15) is 0 Å². The van der Waals surface area contributed by atoms with Crippen LogP contribution in [-0.4, -0.2) is 38.9 Å². The lowest BCUT2D eigenvalue weighted by Crippen LogP contribution is -2.05. The molecular formula is C13H13F2N5O4S. The van der Waals surface area contributed by atoms with Crippen molar-refractivity contribution >= 4 is 17.4 Å². The molecule has 0 amide bonds. The molecule has 1 aliphatic carbocycles. The Bertz CT molecular complexity index is 784. The second kappa shape index (κ2) is 7.17. The van der Waals surface area contributed by atoms with Crippen molar-refractivity contribution < 1.29 is 23.2 Å². The topological polar surface area (TPSA) is 105 Å². The van der Waals surface area contributed by atoms with Crippen LogP contribution in [-0.2, 0) is 5.75 Å². The summed E-state index contributed by atoms with van der Waals surface area (Å²) in [5, 5.41) is 23.2. The first-order valence-corrected chi connectivity index (χ1v) is 8.19. The highest BCUT2D eigenvalue weighted by Crippen LogP contribution is 2.40. The molecule has 1 aliphatic rings. The summed E-state index contributed by atoms with van der Waals surface area (Å²) in [6.07, 6.45) is 1.98. The molecule has 25 heavy (non-hydrogen) atoms. The standard InChI is InChI=1S/C13H13F2N5O4S/c1-23-10-4-7(9(20(21)22)5-11(10)24-12(14)15)6-25-13-16-17-18-19(13)8-2-3-8/h4-5,8,12H,2-3,6H2,1H3. The summed E-state index contributed by atoms with van der Waals surface area (Å²) in [7, 11) is 1.27. The van der Waals surface area contributed by atoms with E-state index in [-0.39, 0.29) is 29.0 Å².